The normalized spacial score (nSPS) is 27.8. The molecule has 174 valence electrons. The van der Waals surface area contributed by atoms with Crippen LogP contribution in [0, 0.1) is 0 Å². The average Bonchev–Trinajstić information content (AvgIpc) is 3.19. The number of nitrogens with zero attached hydrogens (tertiary/aromatic N) is 5. The first-order valence-electron chi connectivity index (χ1n) is 12.3. The summed E-state index contributed by atoms with van der Waals surface area (Å²) in [5.41, 5.74) is 1.85. The molecule has 2 aromatic heterocycles. The van der Waals surface area contributed by atoms with Crippen molar-refractivity contribution in [3.8, 4) is 0 Å². The first-order chi connectivity index (χ1) is 16.1. The Bertz CT molecular complexity index is 1240. The van der Waals surface area contributed by atoms with Crippen LogP contribution in [0.5, 0.6) is 0 Å². The summed E-state index contributed by atoms with van der Waals surface area (Å²) < 4.78 is 1.88. The molecule has 1 aromatic carbocycles. The predicted octanol–water partition coefficient (Wildman–Crippen LogP) is 2.75. The highest BCUT2D eigenvalue weighted by Crippen LogP contribution is 2.34. The van der Waals surface area contributed by atoms with E-state index in [9.17, 15) is 9.90 Å². The van der Waals surface area contributed by atoms with Gasteiger partial charge in [0, 0.05) is 62.6 Å². The van der Waals surface area contributed by atoms with Crippen LogP contribution in [0.3, 0.4) is 0 Å². The number of rotatable bonds is 3. The SMILES string of the molecule is CNc1ncc2c3ccc(N4CCN5CCC4CC5)cc3c(=O)n(C3CCC(O)CC3)c2n1. The largest absolute Gasteiger partial charge is 0.393 e. The summed E-state index contributed by atoms with van der Waals surface area (Å²) in [6.07, 6.45) is 6.93. The van der Waals surface area contributed by atoms with Gasteiger partial charge in [0.15, 0.2) is 0 Å². The number of benzene rings is 1. The van der Waals surface area contributed by atoms with Crippen molar-refractivity contribution in [1.29, 1.82) is 0 Å². The highest BCUT2D eigenvalue weighted by Gasteiger charge is 2.30. The number of hydrogen-bond acceptors (Lipinski definition) is 7. The lowest BCUT2D eigenvalue weighted by Crippen LogP contribution is -2.38. The van der Waals surface area contributed by atoms with E-state index in [4.69, 9.17) is 4.98 Å². The summed E-state index contributed by atoms with van der Waals surface area (Å²) >= 11 is 0. The molecule has 0 amide bonds. The smallest absolute Gasteiger partial charge is 0.260 e. The zero-order chi connectivity index (χ0) is 22.5. The van der Waals surface area contributed by atoms with Gasteiger partial charge >= 0.3 is 0 Å². The van der Waals surface area contributed by atoms with Crippen LogP contribution in [0.1, 0.15) is 44.6 Å². The van der Waals surface area contributed by atoms with E-state index in [1.807, 2.05) is 10.8 Å². The first-order valence-corrected chi connectivity index (χ1v) is 12.3. The summed E-state index contributed by atoms with van der Waals surface area (Å²) in [5.74, 6) is 0.512. The Labute approximate surface area is 193 Å². The molecule has 5 heterocycles. The molecular formula is C25H32N6O2. The molecule has 8 nitrogen and oxygen atoms in total. The van der Waals surface area contributed by atoms with Gasteiger partial charge in [0.25, 0.3) is 5.56 Å². The maximum atomic E-state index is 14.0. The first kappa shape index (κ1) is 20.9. The predicted molar refractivity (Wildman–Crippen MR) is 131 cm³/mol. The number of anilines is 2. The third-order valence-corrected chi connectivity index (χ3v) is 7.98. The standard InChI is InChI=1S/C25H32N6O2/c1-26-25-27-15-22-20-7-4-18(30-13-12-29-10-8-16(30)9-11-29)14-21(20)24(33)31(23(22)28-25)17-2-5-19(32)6-3-17/h4,7,14-17,19,32H,2-3,5-6,8-13H2,1H3,(H,26,27,28). The van der Waals surface area contributed by atoms with E-state index < -0.39 is 0 Å². The number of piperidine rings is 1. The molecule has 0 unspecified atom stereocenters. The monoisotopic (exact) mass is 448 g/mol. The molecule has 3 saturated heterocycles. The van der Waals surface area contributed by atoms with E-state index in [-0.39, 0.29) is 17.7 Å². The number of aliphatic hydroxyl groups is 1. The summed E-state index contributed by atoms with van der Waals surface area (Å²) in [5, 5.41) is 15.6. The highest BCUT2D eigenvalue weighted by molar-refractivity contribution is 6.05. The fourth-order valence-corrected chi connectivity index (χ4v) is 6.10. The molecule has 1 aliphatic carbocycles. The van der Waals surface area contributed by atoms with Crippen molar-refractivity contribution in [2.75, 3.05) is 43.4 Å². The van der Waals surface area contributed by atoms with E-state index in [1.54, 1.807) is 7.05 Å². The number of aromatic nitrogens is 3. The summed E-state index contributed by atoms with van der Waals surface area (Å²) in [4.78, 5) is 28.2. The summed E-state index contributed by atoms with van der Waals surface area (Å²) in [7, 11) is 1.79. The second-order valence-corrected chi connectivity index (χ2v) is 9.81. The lowest BCUT2D eigenvalue weighted by atomic mass is 9.92. The molecule has 2 N–H and O–H groups in total. The Hall–Kier alpha value is -2.71. The summed E-state index contributed by atoms with van der Waals surface area (Å²) in [6.45, 7) is 4.43. The van der Waals surface area contributed by atoms with Gasteiger partial charge in [-0.1, -0.05) is 6.07 Å². The lowest BCUT2D eigenvalue weighted by molar-refractivity contribution is 0.111. The van der Waals surface area contributed by atoms with Crippen molar-refractivity contribution >= 4 is 33.4 Å². The maximum Gasteiger partial charge on any atom is 0.260 e. The molecular weight excluding hydrogens is 416 g/mol. The van der Waals surface area contributed by atoms with Crippen LogP contribution in [-0.4, -0.2) is 69.9 Å². The molecule has 0 atom stereocenters. The van der Waals surface area contributed by atoms with Gasteiger partial charge < -0.3 is 20.2 Å². The van der Waals surface area contributed by atoms with Crippen LogP contribution in [-0.2, 0) is 0 Å². The van der Waals surface area contributed by atoms with E-state index in [0.717, 1.165) is 47.8 Å². The van der Waals surface area contributed by atoms with Gasteiger partial charge in [0.1, 0.15) is 5.65 Å². The number of aliphatic hydroxyl groups excluding tert-OH is 1. The molecule has 1 saturated carbocycles. The third kappa shape index (κ3) is 3.56. The van der Waals surface area contributed by atoms with Crippen LogP contribution in [0.2, 0.25) is 0 Å². The number of hydrogen-bond donors (Lipinski definition) is 2. The van der Waals surface area contributed by atoms with E-state index in [2.05, 4.69) is 38.3 Å². The fraction of sp³-hybridized carbons (Fsp3) is 0.560. The minimum atomic E-state index is -0.271. The number of pyridine rings is 1. The van der Waals surface area contributed by atoms with Gasteiger partial charge in [-0.25, -0.2) is 4.98 Å². The maximum absolute atomic E-state index is 14.0. The molecule has 2 bridgehead atoms. The Morgan fingerprint density at radius 3 is 2.48 bits per heavy atom. The third-order valence-electron chi connectivity index (χ3n) is 7.98. The molecule has 3 aliphatic heterocycles. The molecule has 0 spiro atoms. The van der Waals surface area contributed by atoms with Crippen molar-refractivity contribution in [2.24, 2.45) is 0 Å². The zero-order valence-corrected chi connectivity index (χ0v) is 19.2. The minimum absolute atomic E-state index is 0.0179. The highest BCUT2D eigenvalue weighted by atomic mass is 16.3. The van der Waals surface area contributed by atoms with E-state index >= 15 is 0 Å². The Kier molecular flexibility index (Phi) is 5.22. The average molecular weight is 449 g/mol. The molecule has 4 aliphatic rings. The van der Waals surface area contributed by atoms with Gasteiger partial charge in [-0.2, -0.15) is 4.98 Å². The van der Waals surface area contributed by atoms with Gasteiger partial charge in [-0.05, 0) is 56.0 Å². The van der Waals surface area contributed by atoms with Crippen LogP contribution in [0.25, 0.3) is 21.8 Å². The molecule has 4 fully saturated rings. The molecule has 3 aromatic rings. The van der Waals surface area contributed by atoms with Crippen molar-refractivity contribution in [3.63, 3.8) is 0 Å². The second-order valence-electron chi connectivity index (χ2n) is 9.81. The minimum Gasteiger partial charge on any atom is -0.393 e. The molecule has 33 heavy (non-hydrogen) atoms. The molecule has 0 radical (unpaired) electrons. The van der Waals surface area contributed by atoms with Crippen molar-refractivity contribution in [1.82, 2.24) is 19.4 Å². The molecule has 7 rings (SSSR count). The van der Waals surface area contributed by atoms with Crippen LogP contribution in [0.15, 0.2) is 29.2 Å². The van der Waals surface area contributed by atoms with Gasteiger partial charge in [0.2, 0.25) is 5.95 Å². The van der Waals surface area contributed by atoms with Crippen molar-refractivity contribution < 1.29 is 5.11 Å². The van der Waals surface area contributed by atoms with Crippen molar-refractivity contribution in [2.45, 2.75) is 56.7 Å². The van der Waals surface area contributed by atoms with Crippen LogP contribution < -0.4 is 15.8 Å². The van der Waals surface area contributed by atoms with Crippen LogP contribution >= 0.6 is 0 Å². The quantitative estimate of drug-likeness (QED) is 0.596. The van der Waals surface area contributed by atoms with Crippen LogP contribution in [0.4, 0.5) is 11.6 Å². The van der Waals surface area contributed by atoms with Crippen molar-refractivity contribution in [3.05, 3.63) is 34.7 Å². The number of fused-ring (bicyclic) bond motifs is 7. The topological polar surface area (TPSA) is 86.5 Å². The zero-order valence-electron chi connectivity index (χ0n) is 19.2. The Morgan fingerprint density at radius 2 is 1.73 bits per heavy atom. The Morgan fingerprint density at radius 1 is 0.939 bits per heavy atom. The summed E-state index contributed by atoms with van der Waals surface area (Å²) in [6, 6.07) is 6.94. The Balaban J connectivity index is 1.53. The fourth-order valence-electron chi connectivity index (χ4n) is 6.10. The molecule has 8 heteroatoms. The number of nitrogens with one attached hydrogen (secondary N) is 1. The van der Waals surface area contributed by atoms with Gasteiger partial charge in [-0.3, -0.25) is 9.36 Å². The lowest BCUT2D eigenvalue weighted by Gasteiger charge is -2.33. The van der Waals surface area contributed by atoms with E-state index in [0.29, 0.717) is 30.5 Å². The van der Waals surface area contributed by atoms with Gasteiger partial charge in [-0.15, -0.1) is 0 Å². The van der Waals surface area contributed by atoms with E-state index in [1.165, 1.54) is 25.9 Å². The second kappa shape index (κ2) is 8.25. The van der Waals surface area contributed by atoms with Gasteiger partial charge in [0.05, 0.1) is 11.5 Å².